The molecular formula is C16H13ClFN3O2S. The Morgan fingerprint density at radius 3 is 3.08 bits per heavy atom. The lowest BCUT2D eigenvalue weighted by atomic mass is 9.91. The maximum Gasteiger partial charge on any atom is 0.221 e. The number of benzene rings is 1. The van der Waals surface area contributed by atoms with E-state index in [1.54, 1.807) is 6.07 Å². The van der Waals surface area contributed by atoms with E-state index >= 15 is 0 Å². The van der Waals surface area contributed by atoms with E-state index in [-0.39, 0.29) is 29.0 Å². The standard InChI is InChI=1S/C16H13ClFN3O2S/c1-23-15-10(17)4-8(5-11(15)18)9-6-13(22)19-7-12-14(9)21-2-3-24-16(21)20-12/h2-5,9H,6-7H2,1H3,(H,19,22)/t9-/m1/s1. The summed E-state index contributed by atoms with van der Waals surface area (Å²) >= 11 is 7.66. The van der Waals surface area contributed by atoms with Crippen LogP contribution in [0.25, 0.3) is 4.96 Å². The van der Waals surface area contributed by atoms with Gasteiger partial charge in [0.1, 0.15) is 0 Å². The van der Waals surface area contributed by atoms with E-state index in [1.807, 2.05) is 16.0 Å². The lowest BCUT2D eigenvalue weighted by molar-refractivity contribution is -0.121. The summed E-state index contributed by atoms with van der Waals surface area (Å²) < 4.78 is 21.2. The fourth-order valence-corrected chi connectivity index (χ4v) is 4.17. The molecule has 0 unspecified atom stereocenters. The second-order valence-electron chi connectivity index (χ2n) is 5.55. The highest BCUT2D eigenvalue weighted by molar-refractivity contribution is 7.15. The van der Waals surface area contributed by atoms with Crippen molar-refractivity contribution in [1.82, 2.24) is 14.7 Å². The largest absolute Gasteiger partial charge is 0.492 e. The Kier molecular flexibility index (Phi) is 3.69. The molecule has 3 aromatic rings. The molecule has 8 heteroatoms. The molecule has 1 amide bonds. The quantitative estimate of drug-likeness (QED) is 0.757. The fourth-order valence-electron chi connectivity index (χ4n) is 3.14. The van der Waals surface area contributed by atoms with Crippen LogP contribution in [0.4, 0.5) is 4.39 Å². The Labute approximate surface area is 146 Å². The lowest BCUT2D eigenvalue weighted by Crippen LogP contribution is -2.21. The Balaban J connectivity index is 1.92. The van der Waals surface area contributed by atoms with E-state index in [1.165, 1.54) is 24.5 Å². The van der Waals surface area contributed by atoms with Gasteiger partial charge in [0, 0.05) is 23.9 Å². The third kappa shape index (κ3) is 2.35. The Bertz CT molecular complexity index is 929. The molecule has 0 aliphatic carbocycles. The maximum atomic E-state index is 14.3. The van der Waals surface area contributed by atoms with E-state index in [2.05, 4.69) is 10.3 Å². The molecule has 5 nitrogen and oxygen atoms in total. The molecule has 0 saturated heterocycles. The first-order valence-corrected chi connectivity index (χ1v) is 8.58. The van der Waals surface area contributed by atoms with Crippen LogP contribution in [0.3, 0.4) is 0 Å². The van der Waals surface area contributed by atoms with Gasteiger partial charge >= 0.3 is 0 Å². The molecule has 0 saturated carbocycles. The predicted octanol–water partition coefficient (Wildman–Crippen LogP) is 3.35. The summed E-state index contributed by atoms with van der Waals surface area (Å²) in [6.07, 6.45) is 2.12. The number of hydrogen-bond donors (Lipinski definition) is 1. The zero-order chi connectivity index (χ0) is 16.8. The van der Waals surface area contributed by atoms with Gasteiger partial charge in [-0.25, -0.2) is 9.37 Å². The van der Waals surface area contributed by atoms with Crippen molar-refractivity contribution in [3.8, 4) is 5.75 Å². The van der Waals surface area contributed by atoms with Crippen LogP contribution >= 0.6 is 22.9 Å². The summed E-state index contributed by atoms with van der Waals surface area (Å²) in [5.41, 5.74) is 2.32. The minimum atomic E-state index is -0.544. The topological polar surface area (TPSA) is 55.6 Å². The number of imidazole rings is 1. The van der Waals surface area contributed by atoms with Crippen LogP contribution in [0, 0.1) is 5.82 Å². The Morgan fingerprint density at radius 2 is 2.33 bits per heavy atom. The van der Waals surface area contributed by atoms with Gasteiger partial charge in [0.2, 0.25) is 5.91 Å². The summed E-state index contributed by atoms with van der Waals surface area (Å²) in [6.45, 7) is 0.367. The van der Waals surface area contributed by atoms with Crippen molar-refractivity contribution in [2.45, 2.75) is 18.9 Å². The van der Waals surface area contributed by atoms with Crippen molar-refractivity contribution >= 4 is 33.8 Å². The molecule has 124 valence electrons. The molecule has 1 atom stereocenters. The second kappa shape index (κ2) is 5.75. The number of rotatable bonds is 2. The molecule has 0 fully saturated rings. The molecule has 0 bridgehead atoms. The van der Waals surface area contributed by atoms with Crippen LogP contribution in [-0.2, 0) is 11.3 Å². The van der Waals surface area contributed by atoms with E-state index in [9.17, 15) is 9.18 Å². The molecule has 4 rings (SSSR count). The first kappa shape index (κ1) is 15.4. The summed E-state index contributed by atoms with van der Waals surface area (Å²) in [5.74, 6) is -0.968. The summed E-state index contributed by atoms with van der Waals surface area (Å²) in [4.78, 5) is 17.5. The number of thiazole rings is 1. The number of ether oxygens (including phenoxy) is 1. The maximum absolute atomic E-state index is 14.3. The molecule has 1 aliphatic rings. The number of hydrogen-bond acceptors (Lipinski definition) is 4. The van der Waals surface area contributed by atoms with Crippen LogP contribution < -0.4 is 10.1 Å². The van der Waals surface area contributed by atoms with Crippen molar-refractivity contribution in [2.75, 3.05) is 7.11 Å². The summed E-state index contributed by atoms with van der Waals surface area (Å²) in [6, 6.07) is 3.03. The zero-order valence-electron chi connectivity index (χ0n) is 12.7. The number of carbonyl (C=O) groups excluding carboxylic acids is 1. The predicted molar refractivity (Wildman–Crippen MR) is 89.3 cm³/mol. The average molecular weight is 366 g/mol. The van der Waals surface area contributed by atoms with Crippen molar-refractivity contribution in [3.05, 3.63) is 51.5 Å². The Morgan fingerprint density at radius 1 is 1.50 bits per heavy atom. The molecule has 1 aliphatic heterocycles. The fraction of sp³-hybridized carbons (Fsp3) is 0.250. The molecule has 1 aromatic carbocycles. The number of nitrogens with zero attached hydrogens (tertiary/aromatic N) is 2. The van der Waals surface area contributed by atoms with Crippen LogP contribution in [0.5, 0.6) is 5.75 Å². The van der Waals surface area contributed by atoms with E-state index in [0.717, 1.165) is 16.3 Å². The molecule has 1 N–H and O–H groups in total. The van der Waals surface area contributed by atoms with Crippen LogP contribution in [0.1, 0.15) is 29.3 Å². The number of methoxy groups -OCH3 is 1. The highest BCUT2D eigenvalue weighted by Gasteiger charge is 2.30. The first-order chi connectivity index (χ1) is 11.6. The van der Waals surface area contributed by atoms with Crippen LogP contribution in [-0.4, -0.2) is 22.4 Å². The van der Waals surface area contributed by atoms with E-state index in [0.29, 0.717) is 12.1 Å². The third-order valence-corrected chi connectivity index (χ3v) is 5.21. The minimum absolute atomic E-state index is 0.00711. The number of nitrogens with one attached hydrogen (secondary N) is 1. The van der Waals surface area contributed by atoms with Gasteiger partial charge in [-0.3, -0.25) is 9.20 Å². The number of halogens is 2. The van der Waals surface area contributed by atoms with Crippen LogP contribution in [0.15, 0.2) is 23.7 Å². The lowest BCUT2D eigenvalue weighted by Gasteiger charge is -2.17. The Hall–Kier alpha value is -2.12. The van der Waals surface area contributed by atoms with Crippen molar-refractivity contribution in [2.24, 2.45) is 0 Å². The van der Waals surface area contributed by atoms with Gasteiger partial charge in [-0.15, -0.1) is 11.3 Å². The number of amides is 1. The van der Waals surface area contributed by atoms with Gasteiger partial charge in [0.15, 0.2) is 16.5 Å². The number of aromatic nitrogens is 2. The highest BCUT2D eigenvalue weighted by atomic mass is 35.5. The third-order valence-electron chi connectivity index (χ3n) is 4.17. The molecular weight excluding hydrogens is 353 g/mol. The van der Waals surface area contributed by atoms with Gasteiger partial charge < -0.3 is 10.1 Å². The van der Waals surface area contributed by atoms with Crippen LogP contribution in [0.2, 0.25) is 5.02 Å². The van der Waals surface area contributed by atoms with E-state index < -0.39 is 5.82 Å². The first-order valence-electron chi connectivity index (χ1n) is 7.32. The van der Waals surface area contributed by atoms with Crippen molar-refractivity contribution in [1.29, 1.82) is 0 Å². The number of carbonyl (C=O) groups is 1. The summed E-state index contributed by atoms with van der Waals surface area (Å²) in [7, 11) is 1.37. The molecule has 24 heavy (non-hydrogen) atoms. The van der Waals surface area contributed by atoms with Gasteiger partial charge in [-0.2, -0.15) is 0 Å². The van der Waals surface area contributed by atoms with E-state index in [4.69, 9.17) is 16.3 Å². The smallest absolute Gasteiger partial charge is 0.221 e. The second-order valence-corrected chi connectivity index (χ2v) is 6.83. The molecule has 0 radical (unpaired) electrons. The molecule has 2 aromatic heterocycles. The van der Waals surface area contributed by atoms with Gasteiger partial charge in [0.05, 0.1) is 30.1 Å². The SMILES string of the molecule is COc1c(F)cc([C@H]2CC(=O)NCc3nc4sccn4c32)cc1Cl. The minimum Gasteiger partial charge on any atom is -0.492 e. The highest BCUT2D eigenvalue weighted by Crippen LogP contribution is 2.38. The van der Waals surface area contributed by atoms with Crippen molar-refractivity contribution in [3.63, 3.8) is 0 Å². The summed E-state index contributed by atoms with van der Waals surface area (Å²) in [5, 5.41) is 4.96. The monoisotopic (exact) mass is 365 g/mol. The average Bonchev–Trinajstić information content (AvgIpc) is 3.07. The number of fused-ring (bicyclic) bond motifs is 3. The van der Waals surface area contributed by atoms with Gasteiger partial charge in [-0.1, -0.05) is 11.6 Å². The molecule has 3 heterocycles. The van der Waals surface area contributed by atoms with Gasteiger partial charge in [0.25, 0.3) is 0 Å². The normalized spacial score (nSPS) is 17.5. The molecule has 0 spiro atoms. The zero-order valence-corrected chi connectivity index (χ0v) is 14.2. The van der Waals surface area contributed by atoms with Crippen molar-refractivity contribution < 1.29 is 13.9 Å². The van der Waals surface area contributed by atoms with Gasteiger partial charge in [-0.05, 0) is 17.7 Å².